The van der Waals surface area contributed by atoms with Crippen molar-refractivity contribution in [2.75, 3.05) is 0 Å². The van der Waals surface area contributed by atoms with Gasteiger partial charge in [-0.1, -0.05) is 15.9 Å². The number of hydrogen-bond acceptors (Lipinski definition) is 4. The molecular weight excluding hydrogens is 519 g/mol. The van der Waals surface area contributed by atoms with Crippen LogP contribution in [-0.2, 0) is 7.05 Å². The Balaban J connectivity index is 2.13. The number of phenols is 1. The second-order valence-electron chi connectivity index (χ2n) is 4.02. The standard InChI is InChI=1S/C12H9Br2IN4O2/c1-19-5-9(15)10(18-19)12(21)17-16-4-6-2-7(13)3-8(14)11(6)20/h2-5,20H,1H3,(H,17,21)/b16-4-. The van der Waals surface area contributed by atoms with E-state index in [0.29, 0.717) is 15.7 Å². The first kappa shape index (κ1) is 16.4. The van der Waals surface area contributed by atoms with Gasteiger partial charge in [-0.15, -0.1) is 0 Å². The number of halogens is 3. The molecule has 0 aliphatic rings. The third-order valence-electron chi connectivity index (χ3n) is 2.43. The molecule has 1 aromatic carbocycles. The van der Waals surface area contributed by atoms with Crippen molar-refractivity contribution >= 4 is 66.6 Å². The number of hydrazone groups is 1. The van der Waals surface area contributed by atoms with E-state index in [1.807, 2.05) is 22.6 Å². The molecule has 2 N–H and O–H groups in total. The Morgan fingerprint density at radius 3 is 2.86 bits per heavy atom. The molecule has 0 fully saturated rings. The van der Waals surface area contributed by atoms with Crippen LogP contribution in [0.4, 0.5) is 0 Å². The average Bonchev–Trinajstić information content (AvgIpc) is 2.74. The number of rotatable bonds is 3. The molecule has 0 bridgehead atoms. The number of phenolic OH excluding ortho intramolecular Hbond substituents is 1. The smallest absolute Gasteiger partial charge is 0.292 e. The highest BCUT2D eigenvalue weighted by Gasteiger charge is 2.13. The van der Waals surface area contributed by atoms with Crippen LogP contribution in [0, 0.1) is 3.57 Å². The molecule has 6 nitrogen and oxygen atoms in total. The van der Waals surface area contributed by atoms with E-state index in [9.17, 15) is 9.90 Å². The van der Waals surface area contributed by atoms with Gasteiger partial charge in [0, 0.05) is 23.3 Å². The van der Waals surface area contributed by atoms with Crippen molar-refractivity contribution in [1.29, 1.82) is 0 Å². The number of aromatic hydroxyl groups is 1. The summed E-state index contributed by atoms with van der Waals surface area (Å²) >= 11 is 8.56. The highest BCUT2D eigenvalue weighted by Crippen LogP contribution is 2.30. The zero-order valence-corrected chi connectivity index (χ0v) is 16.0. The second kappa shape index (κ2) is 6.88. The van der Waals surface area contributed by atoms with Gasteiger partial charge in [-0.05, 0) is 50.7 Å². The van der Waals surface area contributed by atoms with Crippen LogP contribution in [0.3, 0.4) is 0 Å². The fourth-order valence-corrected chi connectivity index (χ4v) is 3.53. The predicted molar refractivity (Wildman–Crippen MR) is 94.5 cm³/mol. The molecule has 0 unspecified atom stereocenters. The van der Waals surface area contributed by atoms with Crippen LogP contribution in [0.1, 0.15) is 16.1 Å². The molecule has 1 amide bonds. The fraction of sp³-hybridized carbons (Fsp3) is 0.0833. The van der Waals surface area contributed by atoms with E-state index in [2.05, 4.69) is 47.5 Å². The summed E-state index contributed by atoms with van der Waals surface area (Å²) in [6, 6.07) is 3.39. The Morgan fingerprint density at radius 2 is 2.24 bits per heavy atom. The molecule has 0 radical (unpaired) electrons. The Hall–Kier alpha value is -0.940. The number of carbonyl (C=O) groups is 1. The van der Waals surface area contributed by atoms with Crippen LogP contribution in [0.2, 0.25) is 0 Å². The van der Waals surface area contributed by atoms with Crippen LogP contribution in [0.5, 0.6) is 5.75 Å². The quantitative estimate of drug-likeness (QED) is 0.366. The summed E-state index contributed by atoms with van der Waals surface area (Å²) in [5.41, 5.74) is 3.14. The fourth-order valence-electron chi connectivity index (χ4n) is 1.51. The number of nitrogens with one attached hydrogen (secondary N) is 1. The zero-order valence-electron chi connectivity index (χ0n) is 10.6. The number of aromatic nitrogens is 2. The van der Waals surface area contributed by atoms with Crippen molar-refractivity contribution < 1.29 is 9.90 Å². The number of hydrogen-bond donors (Lipinski definition) is 2. The third-order valence-corrected chi connectivity index (χ3v) is 4.28. The monoisotopic (exact) mass is 526 g/mol. The molecule has 21 heavy (non-hydrogen) atoms. The first-order chi connectivity index (χ1) is 9.88. The van der Waals surface area contributed by atoms with E-state index in [1.165, 1.54) is 6.21 Å². The second-order valence-corrected chi connectivity index (χ2v) is 6.96. The molecule has 0 saturated carbocycles. The van der Waals surface area contributed by atoms with Crippen molar-refractivity contribution in [3.05, 3.63) is 42.1 Å². The third kappa shape index (κ3) is 4.04. The van der Waals surface area contributed by atoms with Crippen LogP contribution < -0.4 is 5.43 Å². The van der Waals surface area contributed by atoms with E-state index in [0.717, 1.165) is 8.04 Å². The summed E-state index contributed by atoms with van der Waals surface area (Å²) in [4.78, 5) is 11.9. The number of amides is 1. The van der Waals surface area contributed by atoms with Crippen molar-refractivity contribution in [2.24, 2.45) is 12.1 Å². The number of carbonyl (C=O) groups excluding carboxylic acids is 1. The minimum atomic E-state index is -0.412. The average molecular weight is 528 g/mol. The Kier molecular flexibility index (Phi) is 5.38. The lowest BCUT2D eigenvalue weighted by molar-refractivity contribution is 0.0948. The van der Waals surface area contributed by atoms with Crippen molar-refractivity contribution in [3.63, 3.8) is 0 Å². The van der Waals surface area contributed by atoms with E-state index in [1.54, 1.807) is 30.1 Å². The summed E-state index contributed by atoms with van der Waals surface area (Å²) in [6.07, 6.45) is 3.09. The van der Waals surface area contributed by atoms with Crippen LogP contribution in [0.15, 0.2) is 32.4 Å². The van der Waals surface area contributed by atoms with E-state index in [4.69, 9.17) is 0 Å². The Morgan fingerprint density at radius 1 is 1.52 bits per heavy atom. The van der Waals surface area contributed by atoms with Crippen molar-refractivity contribution in [2.45, 2.75) is 0 Å². The highest BCUT2D eigenvalue weighted by atomic mass is 127. The van der Waals surface area contributed by atoms with Gasteiger partial charge >= 0.3 is 0 Å². The van der Waals surface area contributed by atoms with Gasteiger partial charge in [-0.25, -0.2) is 5.43 Å². The zero-order chi connectivity index (χ0) is 15.6. The SMILES string of the molecule is Cn1cc(I)c(C(=O)N/N=C\c2cc(Br)cc(Br)c2O)n1. The highest BCUT2D eigenvalue weighted by molar-refractivity contribution is 14.1. The van der Waals surface area contributed by atoms with Gasteiger partial charge in [0.2, 0.25) is 0 Å². The number of nitrogens with zero attached hydrogens (tertiary/aromatic N) is 3. The molecule has 0 spiro atoms. The summed E-state index contributed by atoms with van der Waals surface area (Å²) in [5, 5.41) is 17.7. The van der Waals surface area contributed by atoms with Gasteiger partial charge < -0.3 is 5.11 Å². The van der Waals surface area contributed by atoms with Crippen LogP contribution in [-0.4, -0.2) is 27.0 Å². The Bertz CT molecular complexity index is 730. The molecule has 2 aromatic rings. The molecule has 2 rings (SSSR count). The molecule has 0 aliphatic heterocycles. The van der Waals surface area contributed by atoms with Gasteiger partial charge in [-0.3, -0.25) is 9.48 Å². The molecular formula is C12H9Br2IN4O2. The lowest BCUT2D eigenvalue weighted by Gasteiger charge is -2.02. The molecule has 0 aliphatic carbocycles. The van der Waals surface area contributed by atoms with E-state index < -0.39 is 5.91 Å². The molecule has 110 valence electrons. The summed E-state index contributed by atoms with van der Waals surface area (Å²) in [7, 11) is 1.74. The van der Waals surface area contributed by atoms with Gasteiger partial charge in [0.1, 0.15) is 5.75 Å². The van der Waals surface area contributed by atoms with Gasteiger partial charge in [0.25, 0.3) is 5.91 Å². The lowest BCUT2D eigenvalue weighted by atomic mass is 10.2. The van der Waals surface area contributed by atoms with Gasteiger partial charge in [-0.2, -0.15) is 10.2 Å². The molecule has 1 aromatic heterocycles. The maximum Gasteiger partial charge on any atom is 0.292 e. The summed E-state index contributed by atoms with van der Waals surface area (Å²) in [5.74, 6) is -0.367. The largest absolute Gasteiger partial charge is 0.506 e. The summed E-state index contributed by atoms with van der Waals surface area (Å²) < 4.78 is 3.59. The Labute approximate surface area is 151 Å². The van der Waals surface area contributed by atoms with Crippen LogP contribution in [0.25, 0.3) is 0 Å². The minimum Gasteiger partial charge on any atom is -0.506 e. The number of benzene rings is 1. The predicted octanol–water partition coefficient (Wildman–Crippen LogP) is 3.02. The minimum absolute atomic E-state index is 0.0450. The van der Waals surface area contributed by atoms with Crippen LogP contribution >= 0.6 is 54.5 Å². The molecule has 0 saturated heterocycles. The van der Waals surface area contributed by atoms with Gasteiger partial charge in [0.15, 0.2) is 5.69 Å². The molecule has 1 heterocycles. The first-order valence-corrected chi connectivity index (χ1v) is 8.25. The van der Waals surface area contributed by atoms with E-state index >= 15 is 0 Å². The summed E-state index contributed by atoms with van der Waals surface area (Å²) in [6.45, 7) is 0. The topological polar surface area (TPSA) is 79.5 Å². The normalized spacial score (nSPS) is 11.0. The van der Waals surface area contributed by atoms with Crippen molar-refractivity contribution in [3.8, 4) is 5.75 Å². The maximum atomic E-state index is 11.9. The maximum absolute atomic E-state index is 11.9. The number of aryl methyl sites for hydroxylation is 1. The molecule has 9 heteroatoms. The first-order valence-electron chi connectivity index (χ1n) is 5.59. The lowest BCUT2D eigenvalue weighted by Crippen LogP contribution is -2.19. The van der Waals surface area contributed by atoms with Gasteiger partial charge in [0.05, 0.1) is 14.3 Å². The van der Waals surface area contributed by atoms with E-state index in [-0.39, 0.29) is 5.75 Å². The van der Waals surface area contributed by atoms with Crippen molar-refractivity contribution in [1.82, 2.24) is 15.2 Å². The molecule has 0 atom stereocenters.